The molecule has 0 aromatic rings. The zero-order valence-electron chi connectivity index (χ0n) is 13.2. The molecule has 0 radical (unpaired) electrons. The molecular weight excluding hydrogens is 264 g/mol. The summed E-state index contributed by atoms with van der Waals surface area (Å²) in [6, 6.07) is 1.50. The monoisotopic (exact) mass is 294 g/mol. The Morgan fingerprint density at radius 1 is 1.05 bits per heavy atom. The Hall–Kier alpha value is -0.160. The second kappa shape index (κ2) is 6.15. The number of likely N-dealkylation sites (tertiary alicyclic amines) is 1. The van der Waals surface area contributed by atoms with E-state index in [0.29, 0.717) is 0 Å². The lowest BCUT2D eigenvalue weighted by atomic mass is 9.87. The summed E-state index contributed by atoms with van der Waals surface area (Å²) in [5.74, 6) is 1.00. The van der Waals surface area contributed by atoms with Gasteiger partial charge in [-0.1, -0.05) is 0 Å². The van der Waals surface area contributed by atoms with Crippen LogP contribution in [0.3, 0.4) is 0 Å². The summed E-state index contributed by atoms with van der Waals surface area (Å²) in [6.07, 6.45) is 9.06. The van der Waals surface area contributed by atoms with Gasteiger partial charge in [-0.15, -0.1) is 0 Å². The number of ether oxygens (including phenoxy) is 2. The molecular formula is C17H30N2O2. The molecule has 1 saturated carbocycles. The third kappa shape index (κ3) is 3.44. The second-order valence-electron chi connectivity index (χ2n) is 7.64. The fourth-order valence-electron chi connectivity index (χ4n) is 4.30. The topological polar surface area (TPSA) is 33.7 Å². The fourth-order valence-corrected chi connectivity index (χ4v) is 4.30. The Kier molecular flexibility index (Phi) is 4.23. The molecule has 1 spiro atoms. The third-order valence-corrected chi connectivity index (χ3v) is 5.97. The van der Waals surface area contributed by atoms with Crippen molar-refractivity contribution in [3.8, 4) is 0 Å². The summed E-state index contributed by atoms with van der Waals surface area (Å²) >= 11 is 0. The van der Waals surface area contributed by atoms with Crippen LogP contribution in [0.25, 0.3) is 0 Å². The molecule has 4 heteroatoms. The lowest BCUT2D eigenvalue weighted by Crippen LogP contribution is -2.53. The van der Waals surface area contributed by atoms with Crippen molar-refractivity contribution in [1.82, 2.24) is 10.2 Å². The van der Waals surface area contributed by atoms with E-state index in [2.05, 4.69) is 10.2 Å². The maximum atomic E-state index is 6.08. The molecule has 0 aromatic heterocycles. The van der Waals surface area contributed by atoms with Gasteiger partial charge in [-0.3, -0.25) is 0 Å². The molecule has 1 N–H and O–H groups in total. The average molecular weight is 294 g/mol. The van der Waals surface area contributed by atoms with E-state index in [1.807, 2.05) is 0 Å². The van der Waals surface area contributed by atoms with E-state index in [1.54, 1.807) is 0 Å². The van der Waals surface area contributed by atoms with E-state index in [4.69, 9.17) is 9.47 Å². The number of rotatable bonds is 4. The minimum atomic E-state index is 0.0595. The first-order chi connectivity index (χ1) is 10.3. The smallest absolute Gasteiger partial charge is 0.0951 e. The average Bonchev–Trinajstić information content (AvgIpc) is 3.26. The van der Waals surface area contributed by atoms with Gasteiger partial charge in [0.15, 0.2) is 0 Å². The number of piperidine rings is 1. The van der Waals surface area contributed by atoms with Gasteiger partial charge in [0.05, 0.1) is 12.2 Å². The van der Waals surface area contributed by atoms with Crippen LogP contribution < -0.4 is 5.32 Å². The van der Waals surface area contributed by atoms with Crippen molar-refractivity contribution >= 4 is 0 Å². The van der Waals surface area contributed by atoms with Crippen molar-refractivity contribution in [1.29, 1.82) is 0 Å². The fraction of sp³-hybridized carbons (Fsp3) is 1.00. The van der Waals surface area contributed by atoms with Crippen LogP contribution in [0.5, 0.6) is 0 Å². The van der Waals surface area contributed by atoms with Crippen molar-refractivity contribution in [3.63, 3.8) is 0 Å². The lowest BCUT2D eigenvalue weighted by Gasteiger charge is -2.44. The predicted molar refractivity (Wildman–Crippen MR) is 82.5 cm³/mol. The van der Waals surface area contributed by atoms with Crippen LogP contribution in [0.1, 0.15) is 44.9 Å². The Morgan fingerprint density at radius 2 is 1.90 bits per heavy atom. The van der Waals surface area contributed by atoms with Gasteiger partial charge in [0.1, 0.15) is 0 Å². The van der Waals surface area contributed by atoms with Crippen molar-refractivity contribution in [2.75, 3.05) is 39.5 Å². The molecule has 2 atom stereocenters. The number of nitrogens with zero attached hydrogens (tertiary/aromatic N) is 1. The summed E-state index contributed by atoms with van der Waals surface area (Å²) in [5, 5.41) is 3.78. The molecule has 21 heavy (non-hydrogen) atoms. The quantitative estimate of drug-likeness (QED) is 0.857. The molecule has 3 saturated heterocycles. The molecule has 3 aliphatic heterocycles. The molecule has 0 amide bonds. The molecule has 4 rings (SSSR count). The normalized spacial score (nSPS) is 39.1. The van der Waals surface area contributed by atoms with E-state index in [0.717, 1.165) is 44.2 Å². The largest absolute Gasteiger partial charge is 0.378 e. The van der Waals surface area contributed by atoms with E-state index < -0.39 is 0 Å². The minimum absolute atomic E-state index is 0.0595. The Labute approximate surface area is 128 Å². The van der Waals surface area contributed by atoms with Crippen LogP contribution in [0.4, 0.5) is 0 Å². The zero-order chi connectivity index (χ0) is 14.1. The highest BCUT2D eigenvalue weighted by molar-refractivity contribution is 4.95. The Balaban J connectivity index is 1.25. The predicted octanol–water partition coefficient (Wildman–Crippen LogP) is 1.79. The van der Waals surface area contributed by atoms with Gasteiger partial charge in [0.2, 0.25) is 0 Å². The van der Waals surface area contributed by atoms with Gasteiger partial charge in [-0.25, -0.2) is 0 Å². The summed E-state index contributed by atoms with van der Waals surface area (Å²) in [7, 11) is 0. The molecule has 1 aliphatic carbocycles. The van der Waals surface area contributed by atoms with E-state index in [1.165, 1.54) is 58.2 Å². The molecule has 0 bridgehead atoms. The van der Waals surface area contributed by atoms with Crippen molar-refractivity contribution in [2.24, 2.45) is 5.92 Å². The van der Waals surface area contributed by atoms with Crippen LogP contribution in [0.2, 0.25) is 0 Å². The highest BCUT2D eigenvalue weighted by Gasteiger charge is 2.42. The van der Waals surface area contributed by atoms with E-state index in [-0.39, 0.29) is 5.60 Å². The van der Waals surface area contributed by atoms with Crippen molar-refractivity contribution < 1.29 is 9.47 Å². The van der Waals surface area contributed by atoms with E-state index >= 15 is 0 Å². The number of nitrogens with one attached hydrogen (secondary N) is 1. The van der Waals surface area contributed by atoms with Crippen molar-refractivity contribution in [2.45, 2.75) is 62.6 Å². The van der Waals surface area contributed by atoms with Gasteiger partial charge in [-0.05, 0) is 64.1 Å². The molecule has 4 aliphatic rings. The number of hydrogen-bond acceptors (Lipinski definition) is 4. The first-order valence-electron chi connectivity index (χ1n) is 9.02. The molecule has 0 aromatic carbocycles. The molecule has 4 fully saturated rings. The van der Waals surface area contributed by atoms with Crippen LogP contribution in [-0.4, -0.2) is 62.0 Å². The SMILES string of the molecule is C1CC2(CO1)CC(N1CCC(NCC3CC3)CC1)CCO2. The molecule has 120 valence electrons. The number of hydrogen-bond donors (Lipinski definition) is 1. The first-order valence-corrected chi connectivity index (χ1v) is 9.02. The van der Waals surface area contributed by atoms with Crippen molar-refractivity contribution in [3.05, 3.63) is 0 Å². The van der Waals surface area contributed by atoms with Crippen LogP contribution in [0, 0.1) is 5.92 Å². The highest BCUT2D eigenvalue weighted by atomic mass is 16.6. The molecule has 4 nitrogen and oxygen atoms in total. The van der Waals surface area contributed by atoms with Gasteiger partial charge in [0.25, 0.3) is 0 Å². The van der Waals surface area contributed by atoms with Gasteiger partial charge in [-0.2, -0.15) is 0 Å². The van der Waals surface area contributed by atoms with Crippen LogP contribution in [-0.2, 0) is 9.47 Å². The second-order valence-corrected chi connectivity index (χ2v) is 7.64. The zero-order valence-corrected chi connectivity index (χ0v) is 13.2. The standard InChI is InChI=1S/C17H30N2O2/c1-2-14(1)12-18-15-3-7-19(8-4-15)16-5-9-21-17(11-16)6-10-20-13-17/h14-16,18H,1-13H2. The Morgan fingerprint density at radius 3 is 2.62 bits per heavy atom. The van der Waals surface area contributed by atoms with Crippen LogP contribution in [0.15, 0.2) is 0 Å². The van der Waals surface area contributed by atoms with Crippen LogP contribution >= 0.6 is 0 Å². The first kappa shape index (κ1) is 14.4. The van der Waals surface area contributed by atoms with E-state index in [9.17, 15) is 0 Å². The third-order valence-electron chi connectivity index (χ3n) is 5.97. The molecule has 3 heterocycles. The lowest BCUT2D eigenvalue weighted by molar-refractivity contribution is -0.108. The van der Waals surface area contributed by atoms with Gasteiger partial charge in [0, 0.05) is 31.7 Å². The molecule has 2 unspecified atom stereocenters. The maximum absolute atomic E-state index is 6.08. The summed E-state index contributed by atoms with van der Waals surface area (Å²) in [6.45, 7) is 6.44. The van der Waals surface area contributed by atoms with Gasteiger partial charge >= 0.3 is 0 Å². The summed E-state index contributed by atoms with van der Waals surface area (Å²) in [4.78, 5) is 2.73. The summed E-state index contributed by atoms with van der Waals surface area (Å²) in [5.41, 5.74) is 0.0595. The summed E-state index contributed by atoms with van der Waals surface area (Å²) < 4.78 is 11.7. The van der Waals surface area contributed by atoms with Gasteiger partial charge < -0.3 is 19.7 Å². The minimum Gasteiger partial charge on any atom is -0.378 e. The highest BCUT2D eigenvalue weighted by Crippen LogP contribution is 2.35. The Bertz CT molecular complexity index is 345. The maximum Gasteiger partial charge on any atom is 0.0951 e.